The van der Waals surface area contributed by atoms with Gasteiger partial charge in [-0.15, -0.1) is 46.4 Å². The monoisotopic (exact) mass is 840 g/mol. The fourth-order valence-electron chi connectivity index (χ4n) is 10.7. The molecule has 0 saturated heterocycles. The molecule has 6 saturated carbocycles. The first-order chi connectivity index (χ1) is 26.1. The molecule has 1 amide bonds. The van der Waals surface area contributed by atoms with Crippen LogP contribution in [0.4, 0.5) is 0 Å². The maximum absolute atomic E-state index is 13.1. The van der Waals surface area contributed by atoms with Gasteiger partial charge in [-0.1, -0.05) is 0 Å². The number of carboxylic acids is 1. The number of hydrogen-bond donors (Lipinski definition) is 4. The second kappa shape index (κ2) is 21.2. The fourth-order valence-corrected chi connectivity index (χ4v) is 12.3. The highest BCUT2D eigenvalue weighted by molar-refractivity contribution is 6.25. The predicted octanol–water partition coefficient (Wildman–Crippen LogP) is 8.45. The summed E-state index contributed by atoms with van der Waals surface area (Å²) < 4.78 is 13.3. The highest BCUT2D eigenvalue weighted by Crippen LogP contribution is 2.42. The zero-order chi connectivity index (χ0) is 38.2. The quantitative estimate of drug-likeness (QED) is 0.0772. The third-order valence-corrected chi connectivity index (χ3v) is 16.1. The van der Waals surface area contributed by atoms with Crippen LogP contribution in [0.15, 0.2) is 0 Å². The summed E-state index contributed by atoms with van der Waals surface area (Å²) in [6, 6.07) is 0.327. The van der Waals surface area contributed by atoms with Gasteiger partial charge in [0.1, 0.15) is 0 Å². The smallest absolute Gasteiger partial charge is 0.308 e. The molecule has 0 aliphatic heterocycles. The molecule has 6 fully saturated rings. The first-order valence-electron chi connectivity index (χ1n) is 21.1. The van der Waals surface area contributed by atoms with Crippen LogP contribution < -0.4 is 10.8 Å². The van der Waals surface area contributed by atoms with Gasteiger partial charge in [0.05, 0.1) is 49.5 Å². The van der Waals surface area contributed by atoms with Crippen molar-refractivity contribution in [1.29, 1.82) is 0 Å². The Hall–Kier alpha value is -0.140. The van der Waals surface area contributed by atoms with Crippen molar-refractivity contribution in [2.24, 2.45) is 35.5 Å². The summed E-state index contributed by atoms with van der Waals surface area (Å²) in [4.78, 5) is 35.4. The van der Waals surface area contributed by atoms with Crippen LogP contribution >= 0.6 is 46.4 Å². The van der Waals surface area contributed by atoms with E-state index in [9.17, 15) is 14.7 Å². The minimum atomic E-state index is -1.05. The van der Waals surface area contributed by atoms with E-state index in [4.69, 9.17) is 66.0 Å². The number of hydrogen-bond acceptors (Lipinski definition) is 8. The van der Waals surface area contributed by atoms with Crippen molar-refractivity contribution in [2.75, 3.05) is 13.2 Å². The van der Waals surface area contributed by atoms with Crippen molar-refractivity contribution >= 4 is 58.3 Å². The average molecular weight is 843 g/mol. The fraction of sp³-hybridized carbons (Fsp3) is 0.950. The molecule has 0 spiro atoms. The van der Waals surface area contributed by atoms with E-state index in [2.05, 4.69) is 15.7 Å². The van der Waals surface area contributed by atoms with Gasteiger partial charge in [0.2, 0.25) is 5.91 Å². The van der Waals surface area contributed by atoms with Crippen molar-refractivity contribution in [1.82, 2.24) is 10.8 Å². The molecule has 6 aliphatic rings. The van der Waals surface area contributed by atoms with E-state index < -0.39 is 28.6 Å². The van der Waals surface area contributed by atoms with Gasteiger partial charge >= 0.3 is 5.97 Å². The number of alkyl halides is 4. The number of nitrogens with one attached hydrogen (secondary N) is 2. The van der Waals surface area contributed by atoms with E-state index in [1.807, 2.05) is 0 Å². The van der Waals surface area contributed by atoms with Crippen LogP contribution in [0.5, 0.6) is 0 Å². The topological polar surface area (TPSA) is 136 Å². The molecule has 0 radical (unpaired) electrons. The van der Waals surface area contributed by atoms with Gasteiger partial charge in [-0.2, -0.15) is 5.48 Å². The summed E-state index contributed by atoms with van der Waals surface area (Å²) in [5, 5.41) is 20.6. The predicted molar refractivity (Wildman–Crippen MR) is 210 cm³/mol. The maximum Gasteiger partial charge on any atom is 0.308 e. The number of carbonyl (C=O) groups excluding carboxylic acids is 1. The van der Waals surface area contributed by atoms with Crippen molar-refractivity contribution in [3.63, 3.8) is 0 Å². The van der Waals surface area contributed by atoms with Crippen LogP contribution in [-0.2, 0) is 28.8 Å². The van der Waals surface area contributed by atoms with Crippen molar-refractivity contribution in [2.45, 2.75) is 186 Å². The van der Waals surface area contributed by atoms with E-state index in [1.54, 1.807) is 0 Å². The third kappa shape index (κ3) is 11.7. The SMILES string of the molecule is O=C(O)C1C(Cl)CCC(Cl)C1C(=O)NC1CCC(OC2CCC(C3CCC(OC4CCC(NOCC5C(Cl)CCC(Cl)C5COO)CC4)CC3)CC2)CC1. The summed E-state index contributed by atoms with van der Waals surface area (Å²) in [7, 11) is 0. The zero-order valence-electron chi connectivity index (χ0n) is 31.6. The van der Waals surface area contributed by atoms with Crippen molar-refractivity contribution < 1.29 is 39.2 Å². The normalized spacial score (nSPS) is 43.6. The number of carboxylic acid groups (broad SMARTS) is 1. The Balaban J connectivity index is 0.811. The molecule has 10 nitrogen and oxygen atoms in total. The van der Waals surface area contributed by atoms with Crippen LogP contribution in [0.2, 0.25) is 0 Å². The maximum atomic E-state index is 13.1. The van der Waals surface area contributed by atoms with Crippen LogP contribution in [0.1, 0.15) is 128 Å². The number of halogens is 4. The molecule has 0 aromatic carbocycles. The molecule has 54 heavy (non-hydrogen) atoms. The molecule has 0 aromatic heterocycles. The molecule has 14 heteroatoms. The third-order valence-electron chi connectivity index (χ3n) is 14.0. The summed E-state index contributed by atoms with van der Waals surface area (Å²) in [5.41, 5.74) is 3.28. The first kappa shape index (κ1) is 43.4. The van der Waals surface area contributed by atoms with Crippen LogP contribution in [0, 0.1) is 35.5 Å². The van der Waals surface area contributed by atoms with Gasteiger partial charge in [-0.05, 0) is 140 Å². The lowest BCUT2D eigenvalue weighted by Gasteiger charge is -2.40. The van der Waals surface area contributed by atoms with Crippen LogP contribution in [-0.4, -0.2) is 93.5 Å². The Labute approximate surface area is 341 Å². The largest absolute Gasteiger partial charge is 0.481 e. The van der Waals surface area contributed by atoms with Crippen LogP contribution in [0.25, 0.3) is 0 Å². The van der Waals surface area contributed by atoms with E-state index in [0.29, 0.717) is 43.8 Å². The van der Waals surface area contributed by atoms with Crippen molar-refractivity contribution in [3.05, 3.63) is 0 Å². The number of aliphatic carboxylic acids is 1. The Morgan fingerprint density at radius 2 is 0.926 bits per heavy atom. The van der Waals surface area contributed by atoms with Crippen LogP contribution in [0.3, 0.4) is 0 Å². The molecule has 6 rings (SSSR count). The Morgan fingerprint density at radius 3 is 1.39 bits per heavy atom. The minimum Gasteiger partial charge on any atom is -0.481 e. The Morgan fingerprint density at radius 1 is 0.519 bits per heavy atom. The highest BCUT2D eigenvalue weighted by Gasteiger charge is 2.47. The standard InChI is InChI=1S/C40H64Cl4N2O8/c41-33-17-18-34(42)32(22-52-50)31(33)21-51-46-26-7-15-30(16-8-26)54-28-11-3-24(4-12-28)23-1-9-27(10-2-23)53-29-13-5-25(6-14-29)45-39(47)37-35(43)19-20-36(44)38(37)40(48)49/h23-38,46,50H,1-22H2,(H,45,47)(H,48,49). The summed E-state index contributed by atoms with van der Waals surface area (Å²) in [6.07, 6.45) is 21.2. The number of ether oxygens (including phenoxy) is 2. The van der Waals surface area contributed by atoms with Gasteiger partial charge in [0.25, 0.3) is 0 Å². The molecule has 0 heterocycles. The highest BCUT2D eigenvalue weighted by atomic mass is 35.5. The lowest BCUT2D eigenvalue weighted by molar-refractivity contribution is -0.256. The van der Waals surface area contributed by atoms with E-state index >= 15 is 0 Å². The molecular formula is C40H64Cl4N2O8. The summed E-state index contributed by atoms with van der Waals surface area (Å²) in [6.45, 7) is 0.630. The van der Waals surface area contributed by atoms with E-state index in [1.165, 1.54) is 38.5 Å². The molecule has 8 atom stereocenters. The number of hydroxylamine groups is 1. The minimum absolute atomic E-state index is 0.0213. The lowest BCUT2D eigenvalue weighted by Crippen LogP contribution is -2.51. The second-order valence-electron chi connectivity index (χ2n) is 17.5. The van der Waals surface area contributed by atoms with Gasteiger partial charge < -0.3 is 24.7 Å². The van der Waals surface area contributed by atoms with Crippen molar-refractivity contribution in [3.8, 4) is 0 Å². The molecule has 310 valence electrons. The average Bonchev–Trinajstić information content (AvgIpc) is 3.17. The molecule has 4 N–H and O–H groups in total. The summed E-state index contributed by atoms with van der Waals surface area (Å²) >= 11 is 25.9. The Kier molecular flexibility index (Phi) is 17.1. The molecule has 0 bridgehead atoms. The lowest BCUT2D eigenvalue weighted by atomic mass is 9.72. The zero-order valence-corrected chi connectivity index (χ0v) is 34.7. The first-order valence-corrected chi connectivity index (χ1v) is 22.9. The number of carbonyl (C=O) groups is 2. The van der Waals surface area contributed by atoms with E-state index in [-0.39, 0.29) is 47.2 Å². The van der Waals surface area contributed by atoms with Gasteiger partial charge in [0.15, 0.2) is 0 Å². The summed E-state index contributed by atoms with van der Waals surface area (Å²) in [5.74, 6) is -1.49. The number of amides is 1. The second-order valence-corrected chi connectivity index (χ2v) is 19.7. The van der Waals surface area contributed by atoms with Gasteiger partial charge in [0, 0.05) is 45.4 Å². The molecular weight excluding hydrogens is 778 g/mol. The number of rotatable bonds is 14. The molecule has 0 aromatic rings. The Bertz CT molecular complexity index is 1160. The van der Waals surface area contributed by atoms with Gasteiger partial charge in [-0.3, -0.25) is 14.8 Å². The molecule has 8 unspecified atom stereocenters. The van der Waals surface area contributed by atoms with Gasteiger partial charge in [-0.25, -0.2) is 4.89 Å². The van der Waals surface area contributed by atoms with E-state index in [0.717, 1.165) is 88.9 Å². The molecule has 6 aliphatic carbocycles.